The van der Waals surface area contributed by atoms with Crippen LogP contribution in [-0.2, 0) is 0 Å². The molecule has 1 saturated heterocycles. The van der Waals surface area contributed by atoms with Crippen molar-refractivity contribution < 1.29 is 0 Å². The first-order valence-electron chi connectivity index (χ1n) is 6.39. The van der Waals surface area contributed by atoms with Crippen molar-refractivity contribution in [2.24, 2.45) is 5.41 Å². The number of aromatic nitrogens is 1. The number of rotatable bonds is 2. The third-order valence-electron chi connectivity index (χ3n) is 4.06. The Kier molecular flexibility index (Phi) is 3.77. The van der Waals surface area contributed by atoms with E-state index in [2.05, 4.69) is 29.8 Å². The first-order chi connectivity index (χ1) is 8.56. The van der Waals surface area contributed by atoms with Crippen LogP contribution in [0.25, 0.3) is 0 Å². The van der Waals surface area contributed by atoms with Crippen molar-refractivity contribution in [3.05, 3.63) is 22.8 Å². The molecule has 2 rings (SSSR count). The Hall–Kier alpha value is -1.27. The van der Waals surface area contributed by atoms with Gasteiger partial charge in [0.2, 0.25) is 0 Å². The van der Waals surface area contributed by atoms with Gasteiger partial charge >= 0.3 is 0 Å². The van der Waals surface area contributed by atoms with Gasteiger partial charge in [0, 0.05) is 13.1 Å². The maximum absolute atomic E-state index is 8.95. The summed E-state index contributed by atoms with van der Waals surface area (Å²) in [5.74, 6) is 0.831. The van der Waals surface area contributed by atoms with E-state index >= 15 is 0 Å². The lowest BCUT2D eigenvalue weighted by Crippen LogP contribution is -2.38. The van der Waals surface area contributed by atoms with Gasteiger partial charge < -0.3 is 4.90 Å². The molecule has 18 heavy (non-hydrogen) atoms. The molecule has 1 aromatic rings. The molecule has 96 valence electrons. The van der Waals surface area contributed by atoms with Gasteiger partial charge in [0.25, 0.3) is 0 Å². The van der Waals surface area contributed by atoms with Crippen LogP contribution in [0.2, 0.25) is 5.15 Å². The topological polar surface area (TPSA) is 39.9 Å². The Bertz CT molecular complexity index is 470. The lowest BCUT2D eigenvalue weighted by molar-refractivity contribution is 0.238. The Morgan fingerprint density at radius 3 is 2.67 bits per heavy atom. The minimum absolute atomic E-state index is 0.396. The molecule has 0 N–H and O–H groups in total. The molecule has 0 aliphatic carbocycles. The molecule has 0 unspecified atom stereocenters. The zero-order chi connectivity index (χ0) is 13.2. The van der Waals surface area contributed by atoms with Gasteiger partial charge in [0.1, 0.15) is 11.0 Å². The predicted octanol–water partition coefficient (Wildman–Crippen LogP) is 3.62. The first-order valence-corrected chi connectivity index (χ1v) is 6.77. The van der Waals surface area contributed by atoms with Crippen LogP contribution in [0.1, 0.15) is 38.7 Å². The van der Waals surface area contributed by atoms with Crippen LogP contribution in [0.4, 0.5) is 5.82 Å². The Morgan fingerprint density at radius 1 is 1.44 bits per heavy atom. The van der Waals surface area contributed by atoms with Crippen LogP contribution in [0.3, 0.4) is 0 Å². The van der Waals surface area contributed by atoms with E-state index in [1.54, 1.807) is 6.07 Å². The van der Waals surface area contributed by atoms with Gasteiger partial charge in [0.05, 0.1) is 11.6 Å². The standard InChI is InChI=1S/C14H18ClN3/c1-3-14(2)4-6-18(7-5-14)13-9-11(10-16)8-12(15)17-13/h8-9H,3-7H2,1-2H3. The van der Waals surface area contributed by atoms with Crippen molar-refractivity contribution in [1.29, 1.82) is 5.26 Å². The molecular formula is C14H18ClN3. The highest BCUT2D eigenvalue weighted by molar-refractivity contribution is 6.29. The fourth-order valence-corrected chi connectivity index (χ4v) is 2.54. The van der Waals surface area contributed by atoms with Crippen molar-refractivity contribution >= 4 is 17.4 Å². The van der Waals surface area contributed by atoms with Crippen molar-refractivity contribution in [3.8, 4) is 6.07 Å². The van der Waals surface area contributed by atoms with E-state index in [1.807, 2.05) is 6.07 Å². The van der Waals surface area contributed by atoms with E-state index in [9.17, 15) is 0 Å². The van der Waals surface area contributed by atoms with Gasteiger partial charge in [-0.25, -0.2) is 4.98 Å². The zero-order valence-electron chi connectivity index (χ0n) is 10.9. The largest absolute Gasteiger partial charge is 0.356 e. The van der Waals surface area contributed by atoms with Crippen molar-refractivity contribution in [1.82, 2.24) is 4.98 Å². The lowest BCUT2D eigenvalue weighted by atomic mass is 9.78. The molecule has 1 aromatic heterocycles. The summed E-state index contributed by atoms with van der Waals surface area (Å²) < 4.78 is 0. The van der Waals surface area contributed by atoms with Gasteiger partial charge in [-0.2, -0.15) is 5.26 Å². The van der Waals surface area contributed by atoms with Gasteiger partial charge in [-0.05, 0) is 30.4 Å². The fraction of sp³-hybridized carbons (Fsp3) is 0.571. The number of anilines is 1. The van der Waals surface area contributed by atoms with Crippen LogP contribution in [0, 0.1) is 16.7 Å². The van der Waals surface area contributed by atoms with Crippen LogP contribution in [0.5, 0.6) is 0 Å². The number of pyridine rings is 1. The summed E-state index contributed by atoms with van der Waals surface area (Å²) in [5, 5.41) is 9.35. The van der Waals surface area contributed by atoms with Crippen molar-refractivity contribution in [3.63, 3.8) is 0 Å². The first kappa shape index (κ1) is 13.2. The van der Waals surface area contributed by atoms with Crippen LogP contribution in [0.15, 0.2) is 12.1 Å². The second kappa shape index (κ2) is 5.16. The molecule has 0 atom stereocenters. The summed E-state index contributed by atoms with van der Waals surface area (Å²) in [5.41, 5.74) is 1.03. The Balaban J connectivity index is 2.15. The molecule has 0 saturated carbocycles. The fourth-order valence-electron chi connectivity index (χ4n) is 2.34. The average Bonchev–Trinajstić information content (AvgIpc) is 2.39. The number of piperidine rings is 1. The molecule has 0 radical (unpaired) electrons. The second-order valence-electron chi connectivity index (χ2n) is 5.30. The summed E-state index contributed by atoms with van der Waals surface area (Å²) in [6.45, 7) is 6.57. The maximum atomic E-state index is 8.95. The number of nitrogens with zero attached hydrogens (tertiary/aromatic N) is 3. The molecule has 0 bridgehead atoms. The monoisotopic (exact) mass is 263 g/mol. The van der Waals surface area contributed by atoms with Gasteiger partial charge in [-0.15, -0.1) is 0 Å². The quantitative estimate of drug-likeness (QED) is 0.765. The van der Waals surface area contributed by atoms with Crippen LogP contribution in [-0.4, -0.2) is 18.1 Å². The van der Waals surface area contributed by atoms with E-state index in [4.69, 9.17) is 16.9 Å². The third-order valence-corrected chi connectivity index (χ3v) is 4.25. The summed E-state index contributed by atoms with van der Waals surface area (Å²) in [6.07, 6.45) is 3.55. The Labute approximate surface area is 113 Å². The van der Waals surface area contributed by atoms with Crippen LogP contribution >= 0.6 is 11.6 Å². The highest BCUT2D eigenvalue weighted by atomic mass is 35.5. The molecule has 4 heteroatoms. The lowest BCUT2D eigenvalue weighted by Gasteiger charge is -2.39. The number of hydrogen-bond donors (Lipinski definition) is 0. The summed E-state index contributed by atoms with van der Waals surface area (Å²) in [4.78, 5) is 6.55. The summed E-state index contributed by atoms with van der Waals surface area (Å²) in [7, 11) is 0. The minimum Gasteiger partial charge on any atom is -0.356 e. The smallest absolute Gasteiger partial charge is 0.132 e. The molecular weight excluding hydrogens is 246 g/mol. The molecule has 1 aliphatic heterocycles. The number of hydrogen-bond acceptors (Lipinski definition) is 3. The van der Waals surface area contributed by atoms with Crippen molar-refractivity contribution in [2.45, 2.75) is 33.1 Å². The van der Waals surface area contributed by atoms with Gasteiger partial charge in [0.15, 0.2) is 0 Å². The predicted molar refractivity (Wildman–Crippen MR) is 73.8 cm³/mol. The molecule has 0 spiro atoms. The summed E-state index contributed by atoms with van der Waals surface area (Å²) in [6, 6.07) is 5.55. The van der Waals surface area contributed by atoms with Crippen LogP contribution < -0.4 is 4.90 Å². The normalized spacial score (nSPS) is 18.4. The van der Waals surface area contributed by atoms with E-state index < -0.39 is 0 Å². The maximum Gasteiger partial charge on any atom is 0.132 e. The highest BCUT2D eigenvalue weighted by Gasteiger charge is 2.28. The SMILES string of the molecule is CCC1(C)CCN(c2cc(C#N)cc(Cl)n2)CC1. The molecule has 0 amide bonds. The van der Waals surface area contributed by atoms with E-state index in [0.29, 0.717) is 16.1 Å². The second-order valence-corrected chi connectivity index (χ2v) is 5.69. The average molecular weight is 264 g/mol. The van der Waals surface area contributed by atoms with E-state index in [0.717, 1.165) is 18.9 Å². The summed E-state index contributed by atoms with van der Waals surface area (Å²) >= 11 is 5.94. The number of nitriles is 1. The molecule has 1 aliphatic rings. The molecule has 3 nitrogen and oxygen atoms in total. The Morgan fingerprint density at radius 2 is 2.11 bits per heavy atom. The van der Waals surface area contributed by atoms with E-state index in [1.165, 1.54) is 19.3 Å². The highest BCUT2D eigenvalue weighted by Crippen LogP contribution is 2.35. The van der Waals surface area contributed by atoms with Gasteiger partial charge in [-0.3, -0.25) is 0 Å². The third kappa shape index (κ3) is 2.76. The van der Waals surface area contributed by atoms with Crippen molar-refractivity contribution in [2.75, 3.05) is 18.0 Å². The van der Waals surface area contributed by atoms with E-state index in [-0.39, 0.29) is 0 Å². The molecule has 2 heterocycles. The van der Waals surface area contributed by atoms with Gasteiger partial charge in [-0.1, -0.05) is 31.9 Å². The number of halogens is 1. The molecule has 0 aromatic carbocycles. The minimum atomic E-state index is 0.396. The zero-order valence-corrected chi connectivity index (χ0v) is 11.7. The molecule has 1 fully saturated rings.